The third-order valence-electron chi connectivity index (χ3n) is 3.60. The minimum Gasteiger partial charge on any atom is -0.370 e. The van der Waals surface area contributed by atoms with Crippen LogP contribution < -0.4 is 5.32 Å². The zero-order valence-corrected chi connectivity index (χ0v) is 10.3. The quantitative estimate of drug-likeness (QED) is 0.866. The van der Waals surface area contributed by atoms with E-state index in [4.69, 9.17) is 5.26 Å². The third kappa shape index (κ3) is 3.45. The lowest BCUT2D eigenvalue weighted by Gasteiger charge is -2.26. The number of pyridine rings is 1. The van der Waals surface area contributed by atoms with Gasteiger partial charge in [-0.2, -0.15) is 5.26 Å². The van der Waals surface area contributed by atoms with E-state index >= 15 is 0 Å². The minimum atomic E-state index is 0.666. The number of nitrogens with one attached hydrogen (secondary N) is 1. The van der Waals surface area contributed by atoms with Crippen LogP contribution in [0.2, 0.25) is 0 Å². The minimum absolute atomic E-state index is 0.666. The molecule has 0 aliphatic heterocycles. The molecule has 0 bridgehead atoms. The van der Waals surface area contributed by atoms with Gasteiger partial charge in [0, 0.05) is 12.7 Å². The molecule has 3 nitrogen and oxygen atoms in total. The molecule has 1 aromatic heterocycles. The number of aromatic nitrogens is 1. The number of anilines is 1. The van der Waals surface area contributed by atoms with Gasteiger partial charge in [-0.3, -0.25) is 0 Å². The maximum atomic E-state index is 8.80. The average molecular weight is 229 g/mol. The summed E-state index contributed by atoms with van der Waals surface area (Å²) >= 11 is 0. The molecule has 3 heteroatoms. The maximum absolute atomic E-state index is 8.80. The van der Waals surface area contributed by atoms with Crippen molar-refractivity contribution in [3.63, 3.8) is 0 Å². The second-order valence-corrected chi connectivity index (χ2v) is 5.05. The molecule has 1 N–H and O–H groups in total. The van der Waals surface area contributed by atoms with Gasteiger partial charge in [0.2, 0.25) is 0 Å². The summed E-state index contributed by atoms with van der Waals surface area (Å²) in [6.07, 6.45) is 7.00. The highest BCUT2D eigenvalue weighted by atomic mass is 15.0. The summed E-state index contributed by atoms with van der Waals surface area (Å²) in [5.41, 5.74) is 0.666. The fraction of sp³-hybridized carbons (Fsp3) is 0.571. The molecular weight excluding hydrogens is 210 g/mol. The summed E-state index contributed by atoms with van der Waals surface area (Å²) in [6.45, 7) is 3.32. The highest BCUT2D eigenvalue weighted by Gasteiger charge is 2.17. The first kappa shape index (κ1) is 11.9. The second-order valence-electron chi connectivity index (χ2n) is 5.05. The van der Waals surface area contributed by atoms with Gasteiger partial charge >= 0.3 is 0 Å². The van der Waals surface area contributed by atoms with Gasteiger partial charge in [0.05, 0.1) is 11.6 Å². The summed E-state index contributed by atoms with van der Waals surface area (Å²) < 4.78 is 0. The number of nitrogens with zero attached hydrogens (tertiary/aromatic N) is 2. The third-order valence-corrected chi connectivity index (χ3v) is 3.60. The van der Waals surface area contributed by atoms with Crippen molar-refractivity contribution in [1.29, 1.82) is 5.26 Å². The Morgan fingerprint density at radius 1 is 1.41 bits per heavy atom. The first-order valence-corrected chi connectivity index (χ1v) is 6.38. The fourth-order valence-corrected chi connectivity index (χ4v) is 2.38. The van der Waals surface area contributed by atoms with Crippen molar-refractivity contribution in [2.24, 2.45) is 11.8 Å². The monoisotopic (exact) mass is 229 g/mol. The molecule has 0 radical (unpaired) electrons. The standard InChI is InChI=1S/C14H19N3/c1-11-2-4-12(5-3-11)10-17-14-8-13(9-15)6-7-16-14/h6-8,11-12H,2-5,10H2,1H3,(H,16,17). The van der Waals surface area contributed by atoms with Crippen LogP contribution in [0.4, 0.5) is 5.82 Å². The molecule has 0 spiro atoms. The van der Waals surface area contributed by atoms with E-state index in [1.807, 2.05) is 6.07 Å². The molecule has 2 rings (SSSR count). The van der Waals surface area contributed by atoms with Crippen molar-refractivity contribution >= 4 is 5.82 Å². The molecule has 0 unspecified atom stereocenters. The van der Waals surface area contributed by atoms with E-state index < -0.39 is 0 Å². The van der Waals surface area contributed by atoms with Crippen molar-refractivity contribution in [2.45, 2.75) is 32.6 Å². The van der Waals surface area contributed by atoms with Gasteiger partial charge in [0.25, 0.3) is 0 Å². The SMILES string of the molecule is CC1CCC(CNc2cc(C#N)ccn2)CC1. The van der Waals surface area contributed by atoms with Crippen LogP contribution >= 0.6 is 0 Å². The smallest absolute Gasteiger partial charge is 0.127 e. The van der Waals surface area contributed by atoms with E-state index in [0.717, 1.165) is 24.2 Å². The Morgan fingerprint density at radius 2 is 2.18 bits per heavy atom. The summed E-state index contributed by atoms with van der Waals surface area (Å²) in [5.74, 6) is 2.48. The van der Waals surface area contributed by atoms with Crippen LogP contribution in [-0.4, -0.2) is 11.5 Å². The Morgan fingerprint density at radius 3 is 2.88 bits per heavy atom. The predicted octanol–water partition coefficient (Wildman–Crippen LogP) is 3.19. The van der Waals surface area contributed by atoms with Crippen molar-refractivity contribution < 1.29 is 0 Å². The van der Waals surface area contributed by atoms with E-state index in [-0.39, 0.29) is 0 Å². The van der Waals surface area contributed by atoms with Gasteiger partial charge in [0.1, 0.15) is 5.82 Å². The number of nitriles is 1. The van der Waals surface area contributed by atoms with Crippen molar-refractivity contribution in [1.82, 2.24) is 4.98 Å². The van der Waals surface area contributed by atoms with Crippen LogP contribution in [0.15, 0.2) is 18.3 Å². The number of hydrogen-bond acceptors (Lipinski definition) is 3. The lowest BCUT2D eigenvalue weighted by molar-refractivity contribution is 0.300. The van der Waals surface area contributed by atoms with Crippen LogP contribution in [0, 0.1) is 23.2 Å². The molecule has 1 aromatic rings. The molecule has 1 fully saturated rings. The first-order chi connectivity index (χ1) is 8.28. The normalized spacial score (nSPS) is 24.0. The van der Waals surface area contributed by atoms with E-state index in [1.165, 1.54) is 25.7 Å². The Hall–Kier alpha value is -1.56. The molecule has 1 aliphatic carbocycles. The Kier molecular flexibility index (Phi) is 3.98. The second kappa shape index (κ2) is 5.67. The molecule has 90 valence electrons. The molecule has 0 atom stereocenters. The zero-order chi connectivity index (χ0) is 12.1. The van der Waals surface area contributed by atoms with Gasteiger partial charge in [-0.05, 0) is 36.8 Å². The molecule has 1 heterocycles. The average Bonchev–Trinajstić information content (AvgIpc) is 2.38. The highest BCUT2D eigenvalue weighted by Crippen LogP contribution is 2.28. The van der Waals surface area contributed by atoms with Crippen LogP contribution in [-0.2, 0) is 0 Å². The maximum Gasteiger partial charge on any atom is 0.127 e. The molecule has 1 aliphatic rings. The molecule has 0 aromatic carbocycles. The molecule has 17 heavy (non-hydrogen) atoms. The van der Waals surface area contributed by atoms with Crippen LogP contribution in [0.1, 0.15) is 38.2 Å². The van der Waals surface area contributed by atoms with E-state index in [9.17, 15) is 0 Å². The van der Waals surface area contributed by atoms with Crippen LogP contribution in [0.25, 0.3) is 0 Å². The van der Waals surface area contributed by atoms with Gasteiger partial charge in [0.15, 0.2) is 0 Å². The summed E-state index contributed by atoms with van der Waals surface area (Å²) in [7, 11) is 0. The summed E-state index contributed by atoms with van der Waals surface area (Å²) in [4.78, 5) is 4.22. The lowest BCUT2D eigenvalue weighted by atomic mass is 9.83. The molecule has 0 amide bonds. The number of rotatable bonds is 3. The molecular formula is C14H19N3. The summed E-state index contributed by atoms with van der Waals surface area (Å²) in [6, 6.07) is 5.67. The Bertz CT molecular complexity index is 400. The lowest BCUT2D eigenvalue weighted by Crippen LogP contribution is -2.20. The van der Waals surface area contributed by atoms with E-state index in [0.29, 0.717) is 5.56 Å². The van der Waals surface area contributed by atoms with Gasteiger partial charge in [-0.1, -0.05) is 19.8 Å². The Labute approximate surface area is 103 Å². The largest absolute Gasteiger partial charge is 0.370 e. The van der Waals surface area contributed by atoms with Crippen LogP contribution in [0.3, 0.4) is 0 Å². The van der Waals surface area contributed by atoms with E-state index in [1.54, 1.807) is 12.3 Å². The van der Waals surface area contributed by atoms with Crippen molar-refractivity contribution in [3.05, 3.63) is 23.9 Å². The predicted molar refractivity (Wildman–Crippen MR) is 68.6 cm³/mol. The van der Waals surface area contributed by atoms with Crippen molar-refractivity contribution in [2.75, 3.05) is 11.9 Å². The van der Waals surface area contributed by atoms with Gasteiger partial charge in [-0.25, -0.2) is 4.98 Å². The summed E-state index contributed by atoms with van der Waals surface area (Å²) in [5, 5.41) is 12.1. The van der Waals surface area contributed by atoms with Crippen molar-refractivity contribution in [3.8, 4) is 6.07 Å². The van der Waals surface area contributed by atoms with Gasteiger partial charge < -0.3 is 5.32 Å². The fourth-order valence-electron chi connectivity index (χ4n) is 2.38. The first-order valence-electron chi connectivity index (χ1n) is 6.38. The Balaban J connectivity index is 1.83. The number of hydrogen-bond donors (Lipinski definition) is 1. The van der Waals surface area contributed by atoms with Crippen LogP contribution in [0.5, 0.6) is 0 Å². The van der Waals surface area contributed by atoms with Gasteiger partial charge in [-0.15, -0.1) is 0 Å². The highest BCUT2D eigenvalue weighted by molar-refractivity contribution is 5.42. The topological polar surface area (TPSA) is 48.7 Å². The molecule has 0 saturated heterocycles. The zero-order valence-electron chi connectivity index (χ0n) is 10.3. The van der Waals surface area contributed by atoms with E-state index in [2.05, 4.69) is 23.3 Å². The molecule has 1 saturated carbocycles.